The largest absolute Gasteiger partial charge is 0.491 e. The Hall–Kier alpha value is -3.42. The minimum Gasteiger partial charge on any atom is -0.491 e. The number of aryl methyl sites for hydroxylation is 1. The molecule has 1 saturated carbocycles. The standard InChI is InChI=1S/C34H34F6O2/c1-3-41-27-16-14-25(31(37)33(27)39)22-9-11-23(12-10-22)26-15-17-28(34(40)32(26)38)42-18-20-5-7-21(8-6-20)24-13-4-19(2)29(35)30(24)36/h4,9,13-17,20-21,23H,3,5-8,10-12,18H2,1-2H3. The second-order valence-corrected chi connectivity index (χ2v) is 11.3. The van der Waals surface area contributed by atoms with Gasteiger partial charge in [-0.3, -0.25) is 0 Å². The molecule has 3 aromatic carbocycles. The summed E-state index contributed by atoms with van der Waals surface area (Å²) < 4.78 is 98.3. The van der Waals surface area contributed by atoms with Gasteiger partial charge in [0.1, 0.15) is 0 Å². The number of hydrogen-bond acceptors (Lipinski definition) is 2. The molecule has 0 bridgehead atoms. The van der Waals surface area contributed by atoms with Crippen molar-refractivity contribution in [3.8, 4) is 11.5 Å². The van der Waals surface area contributed by atoms with Gasteiger partial charge in [0.05, 0.1) is 13.2 Å². The molecule has 2 nitrogen and oxygen atoms in total. The highest BCUT2D eigenvalue weighted by Crippen LogP contribution is 2.41. The van der Waals surface area contributed by atoms with Crippen molar-refractivity contribution < 1.29 is 35.8 Å². The third-order valence-electron chi connectivity index (χ3n) is 8.69. The average Bonchev–Trinajstić information content (AvgIpc) is 3.00. The molecule has 0 saturated heterocycles. The first-order valence-corrected chi connectivity index (χ1v) is 14.5. The zero-order valence-electron chi connectivity index (χ0n) is 23.7. The van der Waals surface area contributed by atoms with Gasteiger partial charge >= 0.3 is 0 Å². The Bertz CT molecular complexity index is 1480. The molecule has 0 heterocycles. The lowest BCUT2D eigenvalue weighted by Gasteiger charge is -2.29. The molecular weight excluding hydrogens is 554 g/mol. The van der Waals surface area contributed by atoms with Crippen LogP contribution >= 0.6 is 0 Å². The van der Waals surface area contributed by atoms with Crippen LogP contribution in [0.4, 0.5) is 26.3 Å². The van der Waals surface area contributed by atoms with Gasteiger partial charge < -0.3 is 9.47 Å². The maximum atomic E-state index is 15.1. The molecule has 1 unspecified atom stereocenters. The fourth-order valence-electron chi connectivity index (χ4n) is 6.21. The van der Waals surface area contributed by atoms with E-state index in [2.05, 4.69) is 0 Å². The van der Waals surface area contributed by atoms with E-state index in [1.807, 2.05) is 0 Å². The van der Waals surface area contributed by atoms with E-state index < -0.39 is 34.9 Å². The monoisotopic (exact) mass is 588 g/mol. The molecule has 1 atom stereocenters. The van der Waals surface area contributed by atoms with Crippen molar-refractivity contribution in [2.75, 3.05) is 13.2 Å². The van der Waals surface area contributed by atoms with E-state index in [4.69, 9.17) is 9.47 Å². The molecule has 2 aliphatic carbocycles. The van der Waals surface area contributed by atoms with Crippen molar-refractivity contribution in [1.29, 1.82) is 0 Å². The van der Waals surface area contributed by atoms with Crippen LogP contribution in [0.5, 0.6) is 11.5 Å². The minimum atomic E-state index is -1.05. The molecule has 1 fully saturated rings. The Morgan fingerprint density at radius 2 is 1.26 bits per heavy atom. The normalized spacial score (nSPS) is 20.8. The topological polar surface area (TPSA) is 18.5 Å². The van der Waals surface area contributed by atoms with Crippen molar-refractivity contribution in [2.45, 2.75) is 70.6 Å². The molecule has 0 aliphatic heterocycles. The summed E-state index contributed by atoms with van der Waals surface area (Å²) in [5.41, 5.74) is 1.66. The third kappa shape index (κ3) is 6.04. The average molecular weight is 589 g/mol. The van der Waals surface area contributed by atoms with Crippen molar-refractivity contribution in [3.63, 3.8) is 0 Å². The van der Waals surface area contributed by atoms with Crippen LogP contribution in [0.1, 0.15) is 86.0 Å². The summed E-state index contributed by atoms with van der Waals surface area (Å²) in [4.78, 5) is 0. The molecule has 5 rings (SSSR count). The number of benzene rings is 3. The zero-order valence-corrected chi connectivity index (χ0v) is 23.7. The summed E-state index contributed by atoms with van der Waals surface area (Å²) in [6, 6.07) is 9.08. The van der Waals surface area contributed by atoms with Crippen LogP contribution in [-0.4, -0.2) is 13.2 Å². The molecule has 0 amide bonds. The van der Waals surface area contributed by atoms with Crippen LogP contribution in [0, 0.1) is 47.7 Å². The summed E-state index contributed by atoms with van der Waals surface area (Å²) in [6.07, 6.45) is 5.67. The van der Waals surface area contributed by atoms with Crippen LogP contribution in [0.3, 0.4) is 0 Å². The van der Waals surface area contributed by atoms with Gasteiger partial charge in [0.15, 0.2) is 34.8 Å². The van der Waals surface area contributed by atoms with Gasteiger partial charge in [-0.15, -0.1) is 0 Å². The Kier molecular flexibility index (Phi) is 9.19. The fourth-order valence-corrected chi connectivity index (χ4v) is 6.21. The van der Waals surface area contributed by atoms with E-state index in [9.17, 15) is 17.6 Å². The lowest BCUT2D eigenvalue weighted by atomic mass is 9.78. The lowest BCUT2D eigenvalue weighted by Crippen LogP contribution is -2.20. The molecule has 0 spiro atoms. The molecular formula is C34H34F6O2. The number of allylic oxidation sites excluding steroid dienone is 2. The van der Waals surface area contributed by atoms with Crippen LogP contribution < -0.4 is 9.47 Å². The highest BCUT2D eigenvalue weighted by molar-refractivity contribution is 5.68. The fraction of sp³-hybridized carbons (Fsp3) is 0.412. The van der Waals surface area contributed by atoms with Crippen LogP contribution in [0.15, 0.2) is 42.5 Å². The van der Waals surface area contributed by atoms with Crippen molar-refractivity contribution in [3.05, 3.63) is 99.6 Å². The molecule has 0 radical (unpaired) electrons. The first-order valence-electron chi connectivity index (χ1n) is 14.5. The van der Waals surface area contributed by atoms with Gasteiger partial charge in [0, 0.05) is 5.56 Å². The van der Waals surface area contributed by atoms with Gasteiger partial charge in [-0.05, 0) is 117 Å². The summed E-state index contributed by atoms with van der Waals surface area (Å²) in [7, 11) is 0. The van der Waals surface area contributed by atoms with Crippen LogP contribution in [0.25, 0.3) is 5.57 Å². The van der Waals surface area contributed by atoms with Crippen LogP contribution in [-0.2, 0) is 0 Å². The molecule has 8 heteroatoms. The lowest BCUT2D eigenvalue weighted by molar-refractivity contribution is 0.191. The van der Waals surface area contributed by atoms with Crippen molar-refractivity contribution in [1.82, 2.24) is 0 Å². The van der Waals surface area contributed by atoms with Gasteiger partial charge in [-0.25, -0.2) is 17.6 Å². The van der Waals surface area contributed by atoms with E-state index in [1.165, 1.54) is 31.2 Å². The van der Waals surface area contributed by atoms with Gasteiger partial charge in [-0.1, -0.05) is 24.3 Å². The molecule has 42 heavy (non-hydrogen) atoms. The second kappa shape index (κ2) is 12.8. The Balaban J connectivity index is 1.18. The van der Waals surface area contributed by atoms with Gasteiger partial charge in [0.2, 0.25) is 11.6 Å². The highest BCUT2D eigenvalue weighted by atomic mass is 19.2. The maximum absolute atomic E-state index is 15.1. The summed E-state index contributed by atoms with van der Waals surface area (Å²) in [5, 5.41) is 0. The van der Waals surface area contributed by atoms with Crippen molar-refractivity contribution in [2.24, 2.45) is 5.92 Å². The molecule has 0 aromatic heterocycles. The maximum Gasteiger partial charge on any atom is 0.201 e. The van der Waals surface area contributed by atoms with Crippen LogP contribution in [0.2, 0.25) is 0 Å². The molecule has 224 valence electrons. The van der Waals surface area contributed by atoms with Gasteiger partial charge in [-0.2, -0.15) is 8.78 Å². The smallest absolute Gasteiger partial charge is 0.201 e. The van der Waals surface area contributed by atoms with E-state index in [0.29, 0.717) is 56.1 Å². The quantitative estimate of drug-likeness (QED) is 0.244. The van der Waals surface area contributed by atoms with Gasteiger partial charge in [0.25, 0.3) is 0 Å². The minimum absolute atomic E-state index is 0.0835. The summed E-state index contributed by atoms with van der Waals surface area (Å²) in [6.45, 7) is 3.63. The Labute approximate surface area is 242 Å². The SMILES string of the molecule is CCOc1ccc(C2=CCC(c3ccc(OCC4CCC(c5ccc(C)c(F)c5F)CC4)c(F)c3F)CC2)c(F)c1F. The number of ether oxygens (including phenoxy) is 2. The first-order chi connectivity index (χ1) is 20.2. The zero-order chi connectivity index (χ0) is 30.0. The molecule has 3 aromatic rings. The number of halogens is 6. The van der Waals surface area contributed by atoms with E-state index in [-0.39, 0.29) is 59.2 Å². The number of rotatable bonds is 8. The second-order valence-electron chi connectivity index (χ2n) is 11.3. The third-order valence-corrected chi connectivity index (χ3v) is 8.69. The Morgan fingerprint density at radius 1 is 0.643 bits per heavy atom. The van der Waals surface area contributed by atoms with E-state index in [0.717, 1.165) is 0 Å². The molecule has 2 aliphatic rings. The first kappa shape index (κ1) is 30.1. The van der Waals surface area contributed by atoms with E-state index in [1.54, 1.807) is 25.1 Å². The predicted octanol–water partition coefficient (Wildman–Crippen LogP) is 9.93. The number of hydrogen-bond donors (Lipinski definition) is 0. The summed E-state index contributed by atoms with van der Waals surface area (Å²) >= 11 is 0. The molecule has 0 N–H and O–H groups in total. The highest BCUT2D eigenvalue weighted by Gasteiger charge is 2.28. The summed E-state index contributed by atoms with van der Waals surface area (Å²) in [5.74, 6) is -6.22. The Morgan fingerprint density at radius 3 is 1.95 bits per heavy atom. The predicted molar refractivity (Wildman–Crippen MR) is 150 cm³/mol. The van der Waals surface area contributed by atoms with E-state index >= 15 is 8.78 Å². The van der Waals surface area contributed by atoms with Crippen molar-refractivity contribution >= 4 is 5.57 Å².